The van der Waals surface area contributed by atoms with Crippen molar-refractivity contribution < 1.29 is 75.0 Å². The van der Waals surface area contributed by atoms with Gasteiger partial charge in [-0.3, -0.25) is 4.79 Å². The summed E-state index contributed by atoms with van der Waals surface area (Å²) < 4.78 is 197. The topological polar surface area (TPSA) is 17.1 Å². The molecule has 154 valence electrons. The van der Waals surface area contributed by atoms with Gasteiger partial charge in [0, 0.05) is 0 Å². The van der Waals surface area contributed by atoms with Crippen molar-refractivity contribution in [3.63, 3.8) is 0 Å². The Morgan fingerprint density at radius 3 is 0.885 bits per heavy atom. The van der Waals surface area contributed by atoms with Crippen LogP contribution in [0.1, 0.15) is 0 Å². The van der Waals surface area contributed by atoms with Crippen LogP contribution in [-0.4, -0.2) is 41.8 Å². The number of hydrogen-bond donors (Lipinski definition) is 0. The normalized spacial score (nSPS) is 16.5. The molecule has 0 N–H and O–H groups in total. The summed E-state index contributed by atoms with van der Waals surface area (Å²) in [5.41, 5.74) is -15.0. The van der Waals surface area contributed by atoms with E-state index in [4.69, 9.17) is 0 Å². The predicted octanol–water partition coefficient (Wildman–Crippen LogP) is 5.37. The highest BCUT2D eigenvalue weighted by Crippen LogP contribution is 2.54. The Labute approximate surface area is 130 Å². The lowest BCUT2D eigenvalue weighted by Gasteiger charge is -2.30. The lowest BCUT2D eigenvalue weighted by atomic mass is 9.94. The molecule has 0 aliphatic rings. The Morgan fingerprint density at radius 2 is 0.692 bits per heavy atom. The molecule has 26 heavy (non-hydrogen) atoms. The highest BCUT2D eigenvalue weighted by Gasteiger charge is 2.80. The fourth-order valence-electron chi connectivity index (χ4n) is 1.23. The third-order valence-electron chi connectivity index (χ3n) is 2.57. The van der Waals surface area contributed by atoms with E-state index in [2.05, 4.69) is 0 Å². The summed E-state index contributed by atoms with van der Waals surface area (Å²) in [7, 11) is 0. The Balaban J connectivity index is 6.81. The molecule has 0 saturated carbocycles. The summed E-state index contributed by atoms with van der Waals surface area (Å²) >= 11 is 0. The molecule has 0 rings (SSSR count). The van der Waals surface area contributed by atoms with E-state index in [1.54, 1.807) is 0 Å². The van der Waals surface area contributed by atoms with Crippen molar-refractivity contribution in [1.29, 1.82) is 0 Å². The Morgan fingerprint density at radius 1 is 0.462 bits per heavy atom. The largest absolute Gasteiger partial charge is 0.439 e. The van der Waals surface area contributed by atoms with Crippen molar-refractivity contribution in [1.82, 2.24) is 0 Å². The zero-order chi connectivity index (χ0) is 21.7. The molecule has 0 aliphatic carbocycles. The van der Waals surface area contributed by atoms with Gasteiger partial charge in [0.05, 0.1) is 0 Å². The first-order valence-corrected chi connectivity index (χ1v) is 5.23. The Bertz CT molecular complexity index is 555. The molecule has 0 aromatic carbocycles. The average Bonchev–Trinajstić information content (AvgIpc) is 2.37. The van der Waals surface area contributed by atoms with Gasteiger partial charge in [0.25, 0.3) is 0 Å². The molecule has 0 amide bonds. The zero-order valence-corrected chi connectivity index (χ0v) is 11.0. The molecule has 0 unspecified atom stereocenters. The van der Waals surface area contributed by atoms with Gasteiger partial charge in [0.1, 0.15) is 0 Å². The van der Waals surface area contributed by atoms with Gasteiger partial charge < -0.3 is 0 Å². The van der Waals surface area contributed by atoms with Gasteiger partial charge in [-0.15, -0.1) is 0 Å². The summed E-state index contributed by atoms with van der Waals surface area (Å²) in [6.07, 6.45) is -30.1. The predicted molar refractivity (Wildman–Crippen MR) is 46.1 cm³/mol. The summed E-state index contributed by atoms with van der Waals surface area (Å²) in [4.78, 5) is 10.6. The van der Waals surface area contributed by atoms with Crippen LogP contribution in [0.25, 0.3) is 0 Å². The van der Waals surface area contributed by atoms with Crippen LogP contribution in [0, 0.1) is 0 Å². The van der Waals surface area contributed by atoms with Gasteiger partial charge in [-0.1, -0.05) is 0 Å². The first-order valence-electron chi connectivity index (χ1n) is 5.23. The van der Waals surface area contributed by atoms with Crippen LogP contribution in [-0.2, 0) is 4.79 Å². The number of ketones is 1. The molecule has 17 heteroatoms. The van der Waals surface area contributed by atoms with E-state index in [0.717, 1.165) is 0 Å². The summed E-state index contributed by atoms with van der Waals surface area (Å²) in [6.45, 7) is 0. The zero-order valence-electron chi connectivity index (χ0n) is 11.0. The van der Waals surface area contributed by atoms with E-state index in [0.29, 0.717) is 0 Å². The lowest BCUT2D eigenvalue weighted by molar-refractivity contribution is -0.332. The minimum atomic E-state index is -7.54. The van der Waals surface area contributed by atoms with E-state index < -0.39 is 53.5 Å². The van der Waals surface area contributed by atoms with Crippen LogP contribution in [0.3, 0.4) is 0 Å². The van der Waals surface area contributed by atoms with E-state index in [1.165, 1.54) is 0 Å². The molecule has 0 saturated heterocycles. The number of Topliss-reactive ketones (excluding diaryl/α,β-unsaturated/α-hetero) is 1. The van der Waals surface area contributed by atoms with Crippen LogP contribution < -0.4 is 0 Å². The van der Waals surface area contributed by atoms with Gasteiger partial charge in [-0.05, 0) is 0 Å². The maximum Gasteiger partial charge on any atom is 0.439 e. The smallest absolute Gasteiger partial charge is 0.287 e. The number of carbonyl (C=O) groups excluding carboxylic acids is 1. The van der Waals surface area contributed by atoms with Crippen LogP contribution in [0.5, 0.6) is 0 Å². The van der Waals surface area contributed by atoms with Gasteiger partial charge in [0.2, 0.25) is 11.6 Å². The maximum atomic E-state index is 13.1. The van der Waals surface area contributed by atoms with Crippen molar-refractivity contribution >= 4 is 5.78 Å². The maximum absolute atomic E-state index is 13.1. The van der Waals surface area contributed by atoms with Crippen molar-refractivity contribution in [2.75, 3.05) is 0 Å². The Hall–Kier alpha value is -1.71. The molecule has 0 fully saturated rings. The molecule has 0 aromatic rings. The SMILES string of the molecule is O=C(/C(F)=C(\F)C(F)(C(F)(F)F)C(F)(F)F)C(F)(C(F)(F)F)C(F)(F)F. The number of hydrogen-bond acceptors (Lipinski definition) is 1. The van der Waals surface area contributed by atoms with Crippen molar-refractivity contribution in [2.24, 2.45) is 0 Å². The number of carbonyl (C=O) groups is 1. The van der Waals surface area contributed by atoms with Crippen LogP contribution in [0.4, 0.5) is 70.2 Å². The third kappa shape index (κ3) is 3.43. The molecule has 0 radical (unpaired) electrons. The quantitative estimate of drug-likeness (QED) is 0.437. The van der Waals surface area contributed by atoms with E-state index >= 15 is 0 Å². The van der Waals surface area contributed by atoms with Crippen LogP contribution in [0.15, 0.2) is 11.7 Å². The minimum absolute atomic E-state index is 4.85. The summed E-state index contributed by atoms with van der Waals surface area (Å²) in [6, 6.07) is 0. The number of allylic oxidation sites excluding steroid dienone is 2. The molecule has 0 spiro atoms. The molecule has 0 bridgehead atoms. The van der Waals surface area contributed by atoms with E-state index in [-0.39, 0.29) is 0 Å². The lowest BCUT2D eigenvalue weighted by Crippen LogP contribution is -2.60. The molecular formula is C9F16O. The van der Waals surface area contributed by atoms with Gasteiger partial charge in [-0.25, -0.2) is 13.2 Å². The average molecular weight is 428 g/mol. The molecule has 0 aromatic heterocycles. The van der Waals surface area contributed by atoms with Crippen LogP contribution in [0.2, 0.25) is 0 Å². The fraction of sp³-hybridized carbons (Fsp3) is 0.667. The van der Waals surface area contributed by atoms with Crippen LogP contribution >= 0.6 is 0 Å². The van der Waals surface area contributed by atoms with Gasteiger partial charge in [0.15, 0.2) is 5.83 Å². The first kappa shape index (κ1) is 24.3. The second-order valence-electron chi connectivity index (χ2n) is 4.27. The molecule has 0 heterocycles. The molecular weight excluding hydrogens is 428 g/mol. The van der Waals surface area contributed by atoms with Crippen molar-refractivity contribution in [2.45, 2.75) is 36.0 Å². The van der Waals surface area contributed by atoms with Gasteiger partial charge >= 0.3 is 36.0 Å². The Kier molecular flexibility index (Phi) is 5.77. The first-order chi connectivity index (χ1) is 11.0. The van der Waals surface area contributed by atoms with Gasteiger partial charge in [-0.2, -0.15) is 57.1 Å². The van der Waals surface area contributed by atoms with Crippen molar-refractivity contribution in [3.8, 4) is 0 Å². The summed E-state index contributed by atoms with van der Waals surface area (Å²) in [5.74, 6) is -14.8. The number of rotatable bonds is 3. The molecule has 0 aliphatic heterocycles. The highest BCUT2D eigenvalue weighted by molar-refractivity contribution is 6.02. The standard InChI is InChI=1S/C9F16O/c10-1(2(11)4(12,6(14,15)16)7(17,18)19)3(26)5(13,8(20,21)22)9(23,24)25/b2-1+. The fourth-order valence-corrected chi connectivity index (χ4v) is 1.23. The monoisotopic (exact) mass is 428 g/mol. The number of halogens is 16. The molecule has 0 atom stereocenters. The second kappa shape index (κ2) is 6.17. The van der Waals surface area contributed by atoms with E-state index in [9.17, 15) is 75.0 Å². The minimum Gasteiger partial charge on any atom is -0.287 e. The van der Waals surface area contributed by atoms with Crippen molar-refractivity contribution in [3.05, 3.63) is 11.7 Å². The third-order valence-corrected chi connectivity index (χ3v) is 2.57. The van der Waals surface area contributed by atoms with E-state index in [1.807, 2.05) is 0 Å². The summed E-state index contributed by atoms with van der Waals surface area (Å²) in [5, 5.41) is 0. The highest BCUT2D eigenvalue weighted by atomic mass is 19.4. The second-order valence-corrected chi connectivity index (χ2v) is 4.27. The number of alkyl halides is 14. The molecule has 1 nitrogen and oxygen atoms in total.